The van der Waals surface area contributed by atoms with Crippen LogP contribution >= 0.6 is 11.9 Å². The molecule has 0 spiro atoms. The summed E-state index contributed by atoms with van der Waals surface area (Å²) < 4.78 is 2.42. The Morgan fingerprint density at radius 1 is 0.750 bits per heavy atom. The Morgan fingerprint density at radius 3 is 1.75 bits per heavy atom. The number of benzene rings is 5. The summed E-state index contributed by atoms with van der Waals surface area (Å²) in [6.45, 7) is 0.197. The zero-order chi connectivity index (χ0) is 30.6. The van der Waals surface area contributed by atoms with Crippen LogP contribution in [-0.4, -0.2) is 17.0 Å². The van der Waals surface area contributed by atoms with Gasteiger partial charge < -0.3 is 4.84 Å². The molecule has 0 aliphatic carbocycles. The quantitative estimate of drug-likeness (QED) is 0.0393. The van der Waals surface area contributed by atoms with Crippen molar-refractivity contribution in [1.82, 2.24) is 4.72 Å². The van der Waals surface area contributed by atoms with E-state index in [2.05, 4.69) is 46.3 Å². The summed E-state index contributed by atoms with van der Waals surface area (Å²) in [7, 11) is 0. The SMILES string of the molecule is O=C(C=Cc1ccc(C=NOCc2ccc([N+](=O)[O-])cc2)cc1)NSC(c1ccccc1)(c1ccccc1)c1ccccc1. The minimum atomic E-state index is -0.658. The number of nitrogens with zero attached hydrogens (tertiary/aromatic N) is 2. The monoisotopic (exact) mass is 599 g/mol. The van der Waals surface area contributed by atoms with Gasteiger partial charge in [0.2, 0.25) is 0 Å². The molecule has 0 fully saturated rings. The fraction of sp³-hybridized carbons (Fsp3) is 0.0556. The van der Waals surface area contributed by atoms with Crippen molar-refractivity contribution in [2.24, 2.45) is 5.16 Å². The lowest BCUT2D eigenvalue weighted by Crippen LogP contribution is -2.31. The molecule has 0 bridgehead atoms. The van der Waals surface area contributed by atoms with Crippen LogP contribution in [0.15, 0.2) is 151 Å². The summed E-state index contributed by atoms with van der Waals surface area (Å²) in [6, 6.07) is 44.2. The second kappa shape index (κ2) is 14.6. The lowest BCUT2D eigenvalue weighted by Gasteiger charge is -2.34. The molecule has 8 heteroatoms. The molecular weight excluding hydrogens is 570 g/mol. The standard InChI is InChI=1S/C36H29N3O4S/c40-35(25-22-28-16-18-29(19-17-28)26-37-43-27-30-20-23-34(24-21-30)39(41)42)38-44-36(31-10-4-1-5-11-31,32-12-6-2-7-13-32)33-14-8-3-9-15-33/h1-26H,27H2,(H,38,40). The number of rotatable bonds is 12. The van der Waals surface area contributed by atoms with Crippen LogP contribution in [0.5, 0.6) is 0 Å². The molecule has 0 heterocycles. The Kier molecular flexibility index (Phi) is 9.97. The third kappa shape index (κ3) is 7.48. The molecule has 0 saturated heterocycles. The van der Waals surface area contributed by atoms with Gasteiger partial charge in [0.15, 0.2) is 0 Å². The first-order valence-corrected chi connectivity index (χ1v) is 14.7. The van der Waals surface area contributed by atoms with Crippen LogP contribution in [0.4, 0.5) is 5.69 Å². The summed E-state index contributed by atoms with van der Waals surface area (Å²) in [6.07, 6.45) is 4.87. The van der Waals surface area contributed by atoms with E-state index < -0.39 is 9.67 Å². The van der Waals surface area contributed by atoms with Gasteiger partial charge in [-0.1, -0.05) is 120 Å². The van der Waals surface area contributed by atoms with Gasteiger partial charge >= 0.3 is 0 Å². The number of nitrogens with one attached hydrogen (secondary N) is 1. The molecule has 0 saturated carbocycles. The predicted octanol–water partition coefficient (Wildman–Crippen LogP) is 7.92. The molecule has 5 rings (SSSR count). The van der Waals surface area contributed by atoms with E-state index in [1.807, 2.05) is 78.9 Å². The Morgan fingerprint density at radius 2 is 1.25 bits per heavy atom. The maximum Gasteiger partial charge on any atom is 0.269 e. The summed E-state index contributed by atoms with van der Waals surface area (Å²) in [4.78, 5) is 28.7. The van der Waals surface area contributed by atoms with E-state index in [9.17, 15) is 14.9 Å². The summed E-state index contributed by atoms with van der Waals surface area (Å²) in [5, 5.41) is 14.7. The largest absolute Gasteiger partial charge is 0.391 e. The number of nitro groups is 1. The van der Waals surface area contributed by atoms with E-state index in [-0.39, 0.29) is 18.2 Å². The Bertz CT molecular complexity index is 1630. The molecule has 0 atom stereocenters. The molecule has 5 aromatic carbocycles. The van der Waals surface area contributed by atoms with E-state index in [4.69, 9.17) is 4.84 Å². The number of amides is 1. The van der Waals surface area contributed by atoms with E-state index in [0.717, 1.165) is 33.4 Å². The minimum Gasteiger partial charge on any atom is -0.391 e. The second-order valence-corrected chi connectivity index (χ2v) is 10.8. The van der Waals surface area contributed by atoms with Crippen LogP contribution in [0.1, 0.15) is 33.4 Å². The van der Waals surface area contributed by atoms with E-state index >= 15 is 0 Å². The molecule has 0 aliphatic heterocycles. The summed E-state index contributed by atoms with van der Waals surface area (Å²) >= 11 is 1.37. The summed E-state index contributed by atoms with van der Waals surface area (Å²) in [5.74, 6) is -0.229. The maximum absolute atomic E-state index is 13.1. The first kappa shape index (κ1) is 30.0. The van der Waals surface area contributed by atoms with E-state index in [0.29, 0.717) is 0 Å². The third-order valence-electron chi connectivity index (χ3n) is 6.86. The lowest BCUT2D eigenvalue weighted by atomic mass is 9.84. The number of nitro benzene ring substituents is 1. The van der Waals surface area contributed by atoms with E-state index in [1.165, 1.54) is 30.2 Å². The van der Waals surface area contributed by atoms with Crippen LogP contribution < -0.4 is 4.72 Å². The molecule has 7 nitrogen and oxygen atoms in total. The third-order valence-corrected chi connectivity index (χ3v) is 8.18. The van der Waals surface area contributed by atoms with Gasteiger partial charge in [-0.25, -0.2) is 0 Å². The van der Waals surface area contributed by atoms with Crippen molar-refractivity contribution in [2.45, 2.75) is 11.4 Å². The number of non-ortho nitro benzene ring substituents is 1. The van der Waals surface area contributed by atoms with Crippen LogP contribution in [0.25, 0.3) is 6.08 Å². The molecule has 0 unspecified atom stereocenters. The van der Waals surface area contributed by atoms with Crippen LogP contribution in [0, 0.1) is 10.1 Å². The van der Waals surface area contributed by atoms with Gasteiger partial charge in [-0.3, -0.25) is 19.6 Å². The van der Waals surface area contributed by atoms with Gasteiger partial charge in [-0.15, -0.1) is 0 Å². The van der Waals surface area contributed by atoms with Crippen LogP contribution in [-0.2, 0) is 21.0 Å². The zero-order valence-corrected chi connectivity index (χ0v) is 24.5. The van der Waals surface area contributed by atoms with Crippen molar-refractivity contribution < 1.29 is 14.6 Å². The molecule has 218 valence electrons. The molecular formula is C36H29N3O4S. The Labute approximate surface area is 260 Å². The highest BCUT2D eigenvalue weighted by molar-refractivity contribution is 7.99. The van der Waals surface area contributed by atoms with E-state index in [1.54, 1.807) is 24.4 Å². The maximum atomic E-state index is 13.1. The number of carbonyl (C=O) groups is 1. The molecule has 44 heavy (non-hydrogen) atoms. The van der Waals surface area contributed by atoms with Gasteiger partial charge in [0.1, 0.15) is 11.4 Å². The van der Waals surface area contributed by atoms with Crippen molar-refractivity contribution in [1.29, 1.82) is 0 Å². The second-order valence-electron chi connectivity index (χ2n) is 9.78. The van der Waals surface area contributed by atoms with Crippen molar-refractivity contribution in [3.05, 3.63) is 189 Å². The minimum absolute atomic E-state index is 0.0299. The van der Waals surface area contributed by atoms with Crippen molar-refractivity contribution in [3.8, 4) is 0 Å². The normalized spacial score (nSPS) is 11.5. The highest BCUT2D eigenvalue weighted by Gasteiger charge is 2.38. The van der Waals surface area contributed by atoms with Crippen LogP contribution in [0.3, 0.4) is 0 Å². The first-order valence-electron chi connectivity index (χ1n) is 13.9. The molecule has 1 amide bonds. The average Bonchev–Trinajstić information content (AvgIpc) is 3.08. The highest BCUT2D eigenvalue weighted by Crippen LogP contribution is 2.47. The zero-order valence-electron chi connectivity index (χ0n) is 23.7. The number of oxime groups is 1. The first-order chi connectivity index (χ1) is 21.5. The highest BCUT2D eigenvalue weighted by atomic mass is 32.2. The van der Waals surface area contributed by atoms with Gasteiger partial charge in [-0.2, -0.15) is 0 Å². The van der Waals surface area contributed by atoms with Crippen molar-refractivity contribution in [2.75, 3.05) is 0 Å². The lowest BCUT2D eigenvalue weighted by molar-refractivity contribution is -0.384. The smallest absolute Gasteiger partial charge is 0.269 e. The molecule has 1 N–H and O–H groups in total. The number of carbonyl (C=O) groups excluding carboxylic acids is 1. The van der Waals surface area contributed by atoms with Crippen LogP contribution in [0.2, 0.25) is 0 Å². The topological polar surface area (TPSA) is 93.8 Å². The molecule has 0 aromatic heterocycles. The van der Waals surface area contributed by atoms with Gasteiger partial charge in [0, 0.05) is 18.2 Å². The van der Waals surface area contributed by atoms with Gasteiger partial charge in [0.25, 0.3) is 11.6 Å². The summed E-state index contributed by atoms with van der Waals surface area (Å²) in [5.41, 5.74) is 5.65. The fourth-order valence-corrected chi connectivity index (χ4v) is 5.73. The fourth-order valence-electron chi connectivity index (χ4n) is 4.65. The molecule has 5 aromatic rings. The van der Waals surface area contributed by atoms with Crippen molar-refractivity contribution in [3.63, 3.8) is 0 Å². The average molecular weight is 600 g/mol. The Balaban J connectivity index is 1.23. The molecule has 0 aliphatic rings. The van der Waals surface area contributed by atoms with Crippen molar-refractivity contribution >= 4 is 35.8 Å². The number of hydrogen-bond acceptors (Lipinski definition) is 6. The predicted molar refractivity (Wildman–Crippen MR) is 176 cm³/mol. The number of hydrogen-bond donors (Lipinski definition) is 1. The molecule has 0 radical (unpaired) electrons. The Hall–Kier alpha value is -5.47. The van der Waals surface area contributed by atoms with Gasteiger partial charge in [0.05, 0.1) is 11.1 Å². The van der Waals surface area contributed by atoms with Gasteiger partial charge in [-0.05, 0) is 63.5 Å².